The van der Waals surface area contributed by atoms with Gasteiger partial charge in [-0.2, -0.15) is 0 Å². The molecule has 0 fully saturated rings. The molecule has 76 valence electrons. The van der Waals surface area contributed by atoms with E-state index in [9.17, 15) is 9.36 Å². The maximum absolute atomic E-state index is 11.2. The molecule has 0 N–H and O–H groups in total. The Balaban J connectivity index is 2.67. The minimum absolute atomic E-state index is 0.342. The summed E-state index contributed by atoms with van der Waals surface area (Å²) >= 11 is 1.13. The van der Waals surface area contributed by atoms with Gasteiger partial charge in [-0.25, -0.2) is 9.32 Å². The molecular weight excluding hydrogens is 223 g/mol. The number of hydrogen-bond acceptors (Lipinski definition) is 5. The summed E-state index contributed by atoms with van der Waals surface area (Å²) < 4.78 is 20.5. The van der Waals surface area contributed by atoms with Crippen molar-refractivity contribution in [2.75, 3.05) is 13.3 Å². The van der Waals surface area contributed by atoms with Gasteiger partial charge in [-0.05, 0) is 23.6 Å². The van der Waals surface area contributed by atoms with Crippen LogP contribution in [0.25, 0.3) is 0 Å². The zero-order valence-corrected chi connectivity index (χ0v) is 9.56. The molecule has 1 unspecified atom stereocenters. The van der Waals surface area contributed by atoms with Crippen LogP contribution in [0.5, 0.6) is 5.06 Å². The second-order valence-electron chi connectivity index (χ2n) is 2.37. The van der Waals surface area contributed by atoms with Gasteiger partial charge in [-0.3, -0.25) is 0 Å². The van der Waals surface area contributed by atoms with E-state index in [1.54, 1.807) is 19.1 Å². The van der Waals surface area contributed by atoms with Crippen molar-refractivity contribution in [2.45, 2.75) is 6.92 Å². The first-order chi connectivity index (χ1) is 6.63. The Morgan fingerprint density at radius 1 is 1.57 bits per heavy atom. The minimum atomic E-state index is -1.68. The van der Waals surface area contributed by atoms with Crippen LogP contribution in [-0.4, -0.2) is 19.2 Å². The summed E-state index contributed by atoms with van der Waals surface area (Å²) in [6.07, 6.45) is 0. The molecule has 1 aromatic heterocycles. The van der Waals surface area contributed by atoms with Crippen LogP contribution in [0, 0.1) is 0 Å². The first kappa shape index (κ1) is 11.1. The second-order valence-corrected chi connectivity index (χ2v) is 4.48. The van der Waals surface area contributed by atoms with Crippen molar-refractivity contribution in [2.24, 2.45) is 0 Å². The average Bonchev–Trinajstić information content (AvgIpc) is 2.52. The Kier molecular flexibility index (Phi) is 4.04. The Morgan fingerprint density at radius 2 is 2.29 bits per heavy atom. The van der Waals surface area contributed by atoms with Crippen molar-refractivity contribution in [3.63, 3.8) is 0 Å². The topological polar surface area (TPSA) is 52.6 Å². The molecule has 14 heavy (non-hydrogen) atoms. The van der Waals surface area contributed by atoms with Gasteiger partial charge in [0.2, 0.25) is 5.06 Å². The van der Waals surface area contributed by atoms with Crippen LogP contribution in [0.1, 0.15) is 16.6 Å². The highest BCUT2D eigenvalue weighted by atomic mass is 32.1. The van der Waals surface area contributed by atoms with Gasteiger partial charge in [-0.1, -0.05) is 11.3 Å². The van der Waals surface area contributed by atoms with E-state index < -0.39 is 8.03 Å². The number of carbonyl (C=O) groups is 1. The van der Waals surface area contributed by atoms with Crippen LogP contribution in [0.2, 0.25) is 0 Å². The summed E-state index contributed by atoms with van der Waals surface area (Å²) in [5.41, 5.74) is 0. The second kappa shape index (κ2) is 5.08. The molecule has 0 aliphatic heterocycles. The SMILES string of the molecule is CCOC(=O)c1ccc(O[P+](C)=O)s1. The molecule has 1 atom stereocenters. The molecule has 0 aliphatic carbocycles. The smallest absolute Gasteiger partial charge is 0.462 e. The van der Waals surface area contributed by atoms with Gasteiger partial charge >= 0.3 is 14.0 Å². The highest BCUT2D eigenvalue weighted by Crippen LogP contribution is 2.31. The van der Waals surface area contributed by atoms with Gasteiger partial charge in [0, 0.05) is 0 Å². The van der Waals surface area contributed by atoms with Crippen molar-refractivity contribution in [1.82, 2.24) is 0 Å². The number of hydrogen-bond donors (Lipinski definition) is 0. The lowest BCUT2D eigenvalue weighted by molar-refractivity contribution is 0.0532. The Bertz CT molecular complexity index is 347. The number of esters is 1. The van der Waals surface area contributed by atoms with Crippen LogP contribution in [0.15, 0.2) is 12.1 Å². The van der Waals surface area contributed by atoms with E-state index in [1.807, 2.05) is 0 Å². The van der Waals surface area contributed by atoms with E-state index in [1.165, 1.54) is 6.66 Å². The Labute approximate surface area is 86.7 Å². The van der Waals surface area contributed by atoms with E-state index in [0.717, 1.165) is 11.3 Å². The minimum Gasteiger partial charge on any atom is -0.462 e. The van der Waals surface area contributed by atoms with E-state index in [4.69, 9.17) is 9.26 Å². The Hall–Kier alpha value is -0.930. The molecule has 0 spiro atoms. The molecule has 1 heterocycles. The lowest BCUT2D eigenvalue weighted by Gasteiger charge is -1.95. The van der Waals surface area contributed by atoms with Crippen LogP contribution >= 0.6 is 19.4 Å². The summed E-state index contributed by atoms with van der Waals surface area (Å²) in [7, 11) is -1.68. The van der Waals surface area contributed by atoms with Gasteiger partial charge in [0.25, 0.3) is 0 Å². The molecule has 0 radical (unpaired) electrons. The quantitative estimate of drug-likeness (QED) is 0.592. The first-order valence-electron chi connectivity index (χ1n) is 3.99. The molecule has 1 rings (SSSR count). The fourth-order valence-electron chi connectivity index (χ4n) is 0.808. The monoisotopic (exact) mass is 233 g/mol. The lowest BCUT2D eigenvalue weighted by atomic mass is 10.5. The van der Waals surface area contributed by atoms with Gasteiger partial charge in [-0.15, -0.1) is 0 Å². The predicted octanol–water partition coefficient (Wildman–Crippen LogP) is 2.68. The van der Waals surface area contributed by atoms with E-state index in [2.05, 4.69) is 0 Å². The molecule has 0 saturated heterocycles. The standard InChI is InChI=1S/C8H10O4PS/c1-3-11-8(9)6-4-5-7(14-6)12-13(2)10/h4-5H,3H2,1-2H3/q+1. The third kappa shape index (κ3) is 3.09. The van der Waals surface area contributed by atoms with E-state index in [-0.39, 0.29) is 5.97 Å². The normalized spacial score (nSPS) is 10.9. The number of rotatable bonds is 4. The van der Waals surface area contributed by atoms with Crippen LogP contribution < -0.4 is 4.52 Å². The zero-order chi connectivity index (χ0) is 10.6. The van der Waals surface area contributed by atoms with Crippen molar-refractivity contribution in [3.05, 3.63) is 17.0 Å². The predicted molar refractivity (Wildman–Crippen MR) is 54.4 cm³/mol. The molecule has 0 bridgehead atoms. The van der Waals surface area contributed by atoms with Gasteiger partial charge in [0.15, 0.2) is 6.66 Å². The molecule has 0 saturated carbocycles. The Morgan fingerprint density at radius 3 is 2.86 bits per heavy atom. The highest BCUT2D eigenvalue weighted by Gasteiger charge is 2.15. The van der Waals surface area contributed by atoms with E-state index in [0.29, 0.717) is 16.5 Å². The zero-order valence-electron chi connectivity index (χ0n) is 7.85. The lowest BCUT2D eigenvalue weighted by Crippen LogP contribution is -2.01. The molecule has 1 aromatic rings. The maximum atomic E-state index is 11.2. The molecule has 0 aliphatic rings. The summed E-state index contributed by atoms with van der Waals surface area (Å²) in [5.74, 6) is -0.376. The van der Waals surface area contributed by atoms with Crippen molar-refractivity contribution < 1.29 is 18.6 Å². The van der Waals surface area contributed by atoms with Gasteiger partial charge in [0.05, 0.1) is 6.61 Å². The highest BCUT2D eigenvalue weighted by molar-refractivity contribution is 7.39. The third-order valence-corrected chi connectivity index (χ3v) is 2.80. The summed E-state index contributed by atoms with van der Waals surface area (Å²) in [5, 5.41) is 0.469. The molecule has 0 aromatic carbocycles. The molecule has 4 nitrogen and oxygen atoms in total. The largest absolute Gasteiger partial charge is 0.553 e. The molecule has 0 amide bonds. The van der Waals surface area contributed by atoms with Crippen molar-refractivity contribution in [1.29, 1.82) is 0 Å². The average molecular weight is 233 g/mol. The van der Waals surface area contributed by atoms with E-state index >= 15 is 0 Å². The van der Waals surface area contributed by atoms with Crippen molar-refractivity contribution in [3.8, 4) is 5.06 Å². The summed E-state index contributed by atoms with van der Waals surface area (Å²) in [4.78, 5) is 11.7. The van der Waals surface area contributed by atoms with Crippen LogP contribution in [0.4, 0.5) is 0 Å². The third-order valence-electron chi connectivity index (χ3n) is 1.28. The van der Waals surface area contributed by atoms with Crippen LogP contribution in [-0.2, 0) is 9.30 Å². The fraction of sp³-hybridized carbons (Fsp3) is 0.375. The van der Waals surface area contributed by atoms with Crippen LogP contribution in [0.3, 0.4) is 0 Å². The first-order valence-corrected chi connectivity index (χ1v) is 6.43. The number of thiophene rings is 1. The molecule has 6 heteroatoms. The fourth-order valence-corrected chi connectivity index (χ4v) is 2.22. The van der Waals surface area contributed by atoms with Gasteiger partial charge in [0.1, 0.15) is 4.88 Å². The summed E-state index contributed by atoms with van der Waals surface area (Å²) in [6, 6.07) is 3.20. The van der Waals surface area contributed by atoms with Gasteiger partial charge < -0.3 is 4.74 Å². The summed E-state index contributed by atoms with van der Waals surface area (Å²) in [6.45, 7) is 3.54. The molecular formula is C8H10O4PS+. The maximum Gasteiger partial charge on any atom is 0.553 e. The van der Waals surface area contributed by atoms with Crippen molar-refractivity contribution >= 4 is 25.3 Å². The number of ether oxygens (including phenoxy) is 1. The number of carbonyl (C=O) groups excluding carboxylic acids is 1.